The van der Waals surface area contributed by atoms with Crippen LogP contribution in [0.25, 0.3) is 0 Å². The van der Waals surface area contributed by atoms with Gasteiger partial charge in [-0.1, -0.05) is 18.7 Å². The molecule has 0 rings (SSSR count). The Labute approximate surface area is 104 Å². The summed E-state index contributed by atoms with van der Waals surface area (Å²) in [5.41, 5.74) is 0.368. The van der Waals surface area contributed by atoms with Crippen molar-refractivity contribution in [2.75, 3.05) is 13.2 Å². The minimum absolute atomic E-state index is 0.0663. The molecule has 0 saturated carbocycles. The highest BCUT2D eigenvalue weighted by Gasteiger charge is 2.26. The maximum atomic E-state index is 11.8. The van der Waals surface area contributed by atoms with Crippen LogP contribution in [0.4, 0.5) is 13.2 Å². The molecule has 104 valence electrons. The van der Waals surface area contributed by atoms with Crippen LogP contribution in [0, 0.1) is 0 Å². The van der Waals surface area contributed by atoms with Gasteiger partial charge in [0.15, 0.2) is 0 Å². The summed E-state index contributed by atoms with van der Waals surface area (Å²) in [4.78, 5) is 11.4. The number of hydrogen-bond acceptors (Lipinski definition) is 3. The lowest BCUT2D eigenvalue weighted by molar-refractivity contribution is -0.154. The Morgan fingerprint density at radius 2 is 2.06 bits per heavy atom. The zero-order valence-electron chi connectivity index (χ0n) is 10.4. The predicted molar refractivity (Wildman–Crippen MR) is 61.0 cm³/mol. The number of esters is 1. The van der Waals surface area contributed by atoms with Gasteiger partial charge >= 0.3 is 12.1 Å². The van der Waals surface area contributed by atoms with Crippen LogP contribution in [0.15, 0.2) is 24.3 Å². The Morgan fingerprint density at radius 1 is 1.44 bits per heavy atom. The Kier molecular flexibility index (Phi) is 7.35. The third kappa shape index (κ3) is 8.81. The molecule has 0 amide bonds. The van der Waals surface area contributed by atoms with Crippen LogP contribution in [-0.2, 0) is 14.3 Å². The van der Waals surface area contributed by atoms with Gasteiger partial charge in [0.25, 0.3) is 0 Å². The molecule has 18 heavy (non-hydrogen) atoms. The molecule has 0 aromatic heterocycles. The van der Waals surface area contributed by atoms with Crippen LogP contribution in [0.5, 0.6) is 0 Å². The van der Waals surface area contributed by atoms with Crippen LogP contribution < -0.4 is 0 Å². The number of hydrogen-bond donors (Lipinski definition) is 0. The SMILES string of the molecule is C=C/C=C(\C)C(=O)OC(C)COCCC(F)(F)F. The molecule has 0 fully saturated rings. The minimum Gasteiger partial charge on any atom is -0.457 e. The van der Waals surface area contributed by atoms with Crippen LogP contribution in [0.3, 0.4) is 0 Å². The Bertz CT molecular complexity index is 308. The van der Waals surface area contributed by atoms with Crippen molar-refractivity contribution in [3.8, 4) is 0 Å². The highest BCUT2D eigenvalue weighted by atomic mass is 19.4. The standard InChI is InChI=1S/C12H17F3O3/c1-4-5-9(2)11(16)18-10(3)8-17-7-6-12(13,14)15/h4-5,10H,1,6-8H2,2-3H3/b9-5+. The highest BCUT2D eigenvalue weighted by Crippen LogP contribution is 2.19. The van der Waals surface area contributed by atoms with E-state index < -0.39 is 31.3 Å². The summed E-state index contributed by atoms with van der Waals surface area (Å²) < 4.78 is 45.1. The van der Waals surface area contributed by atoms with E-state index in [4.69, 9.17) is 9.47 Å². The number of halogens is 3. The van der Waals surface area contributed by atoms with E-state index in [-0.39, 0.29) is 6.61 Å². The fraction of sp³-hybridized carbons (Fsp3) is 0.583. The van der Waals surface area contributed by atoms with Gasteiger partial charge in [-0.25, -0.2) is 4.79 Å². The molecule has 0 radical (unpaired) electrons. The normalized spacial score (nSPS) is 14.2. The van der Waals surface area contributed by atoms with Crippen molar-refractivity contribution in [2.45, 2.75) is 32.5 Å². The van der Waals surface area contributed by atoms with Crippen molar-refractivity contribution in [1.82, 2.24) is 0 Å². The molecule has 0 heterocycles. The zero-order chi connectivity index (χ0) is 14.2. The van der Waals surface area contributed by atoms with Crippen molar-refractivity contribution in [1.29, 1.82) is 0 Å². The van der Waals surface area contributed by atoms with Crippen molar-refractivity contribution < 1.29 is 27.4 Å². The number of carbonyl (C=O) groups excluding carboxylic acids is 1. The summed E-state index contributed by atoms with van der Waals surface area (Å²) in [6.45, 7) is 6.03. The van der Waals surface area contributed by atoms with E-state index in [1.807, 2.05) is 0 Å². The third-order valence-electron chi connectivity index (χ3n) is 1.88. The molecule has 0 aromatic carbocycles. The molecule has 1 unspecified atom stereocenters. The third-order valence-corrected chi connectivity index (χ3v) is 1.88. The van der Waals surface area contributed by atoms with Crippen molar-refractivity contribution in [3.05, 3.63) is 24.3 Å². The summed E-state index contributed by atoms with van der Waals surface area (Å²) in [6, 6.07) is 0. The Balaban J connectivity index is 3.85. The van der Waals surface area contributed by atoms with Crippen molar-refractivity contribution >= 4 is 5.97 Å². The second-order valence-electron chi connectivity index (χ2n) is 3.74. The molecule has 1 atom stereocenters. The average molecular weight is 266 g/mol. The average Bonchev–Trinajstić information content (AvgIpc) is 2.23. The number of alkyl halides is 3. The second kappa shape index (κ2) is 7.92. The van der Waals surface area contributed by atoms with Gasteiger partial charge < -0.3 is 9.47 Å². The smallest absolute Gasteiger partial charge is 0.391 e. The monoisotopic (exact) mass is 266 g/mol. The maximum Gasteiger partial charge on any atom is 0.391 e. The Morgan fingerprint density at radius 3 is 2.56 bits per heavy atom. The second-order valence-corrected chi connectivity index (χ2v) is 3.74. The molecule has 0 aliphatic carbocycles. The van der Waals surface area contributed by atoms with Gasteiger partial charge in [0.05, 0.1) is 19.6 Å². The molecular weight excluding hydrogens is 249 g/mol. The highest BCUT2D eigenvalue weighted by molar-refractivity contribution is 5.88. The van der Waals surface area contributed by atoms with E-state index in [0.717, 1.165) is 0 Å². The number of rotatable bonds is 7. The summed E-state index contributed by atoms with van der Waals surface area (Å²) in [6.07, 6.45) is -2.91. The molecule has 0 aromatic rings. The van der Waals surface area contributed by atoms with Crippen LogP contribution in [0.1, 0.15) is 20.3 Å². The lowest BCUT2D eigenvalue weighted by Gasteiger charge is -2.14. The number of ether oxygens (including phenoxy) is 2. The molecule has 0 aliphatic heterocycles. The zero-order valence-corrected chi connectivity index (χ0v) is 10.4. The van der Waals surface area contributed by atoms with Crippen molar-refractivity contribution in [3.63, 3.8) is 0 Å². The quantitative estimate of drug-likeness (QED) is 0.307. The number of allylic oxidation sites excluding steroid dienone is 2. The Hall–Kier alpha value is -1.30. The molecule has 6 heteroatoms. The topological polar surface area (TPSA) is 35.5 Å². The summed E-state index contributed by atoms with van der Waals surface area (Å²) in [5.74, 6) is -0.540. The molecule has 0 saturated heterocycles. The molecule has 0 bridgehead atoms. The fourth-order valence-corrected chi connectivity index (χ4v) is 0.992. The van der Waals surface area contributed by atoms with Gasteiger partial charge in [0, 0.05) is 5.57 Å². The van der Waals surface area contributed by atoms with Gasteiger partial charge in [-0.05, 0) is 13.8 Å². The fourth-order valence-electron chi connectivity index (χ4n) is 0.992. The summed E-state index contributed by atoms with van der Waals surface area (Å²) in [5, 5.41) is 0. The van der Waals surface area contributed by atoms with Crippen LogP contribution >= 0.6 is 0 Å². The lowest BCUT2D eigenvalue weighted by atomic mass is 10.3. The van der Waals surface area contributed by atoms with Crippen LogP contribution in [0.2, 0.25) is 0 Å². The first-order chi connectivity index (χ1) is 8.26. The molecule has 3 nitrogen and oxygen atoms in total. The summed E-state index contributed by atoms with van der Waals surface area (Å²) in [7, 11) is 0. The first-order valence-electron chi connectivity index (χ1n) is 5.41. The first kappa shape index (κ1) is 16.7. The van der Waals surface area contributed by atoms with Crippen LogP contribution in [-0.4, -0.2) is 31.5 Å². The predicted octanol–water partition coefficient (Wildman–Crippen LogP) is 3.02. The molecule has 0 aliphatic rings. The van der Waals surface area contributed by atoms with E-state index >= 15 is 0 Å². The maximum absolute atomic E-state index is 11.8. The van der Waals surface area contributed by atoms with Gasteiger partial charge in [-0.3, -0.25) is 0 Å². The van der Waals surface area contributed by atoms with Crippen molar-refractivity contribution in [2.24, 2.45) is 0 Å². The van der Waals surface area contributed by atoms with Gasteiger partial charge in [-0.15, -0.1) is 0 Å². The summed E-state index contributed by atoms with van der Waals surface area (Å²) >= 11 is 0. The van der Waals surface area contributed by atoms with E-state index in [1.165, 1.54) is 12.2 Å². The van der Waals surface area contributed by atoms with E-state index in [1.54, 1.807) is 13.8 Å². The molecule has 0 N–H and O–H groups in total. The van der Waals surface area contributed by atoms with Gasteiger partial charge in [0.2, 0.25) is 0 Å². The first-order valence-corrected chi connectivity index (χ1v) is 5.41. The van der Waals surface area contributed by atoms with Gasteiger partial charge in [-0.2, -0.15) is 13.2 Å². The molecular formula is C12H17F3O3. The molecule has 0 spiro atoms. The van der Waals surface area contributed by atoms with Gasteiger partial charge in [0.1, 0.15) is 6.10 Å². The van der Waals surface area contributed by atoms with E-state index in [9.17, 15) is 18.0 Å². The van der Waals surface area contributed by atoms with E-state index in [2.05, 4.69) is 6.58 Å². The minimum atomic E-state index is -4.23. The largest absolute Gasteiger partial charge is 0.457 e. The lowest BCUT2D eigenvalue weighted by Crippen LogP contribution is -2.22. The number of carbonyl (C=O) groups is 1. The van der Waals surface area contributed by atoms with E-state index in [0.29, 0.717) is 5.57 Å².